The van der Waals surface area contributed by atoms with E-state index < -0.39 is 10.8 Å². The molecule has 6 nitrogen and oxygen atoms in total. The van der Waals surface area contributed by atoms with E-state index in [1.807, 2.05) is 0 Å². The fraction of sp³-hybridized carbons (Fsp3) is 0.133. The molecule has 0 radical (unpaired) electrons. The first-order chi connectivity index (χ1) is 11.2. The first-order valence-corrected chi connectivity index (χ1v) is 7.66. The number of nitrogens with zero attached hydrogens (tertiary/aromatic N) is 2. The van der Waals surface area contributed by atoms with Crippen molar-refractivity contribution in [2.75, 3.05) is 14.1 Å². The average Bonchev–Trinajstić information content (AvgIpc) is 2.49. The van der Waals surface area contributed by atoms with Crippen molar-refractivity contribution >= 4 is 46.4 Å². The van der Waals surface area contributed by atoms with Gasteiger partial charge >= 0.3 is 0 Å². The Kier molecular flexibility index (Phi) is 5.54. The number of ether oxygens (including phenoxy) is 1. The van der Waals surface area contributed by atoms with Crippen LogP contribution in [0, 0.1) is 10.1 Å². The quantitative estimate of drug-likeness (QED) is 0.542. The molecule has 0 unspecified atom stereocenters. The lowest BCUT2D eigenvalue weighted by atomic mass is 10.1. The van der Waals surface area contributed by atoms with Gasteiger partial charge in [-0.2, -0.15) is 0 Å². The second-order valence-electron chi connectivity index (χ2n) is 4.94. The number of carbonyl (C=O) groups excluding carboxylic acids is 1. The average molecular weight is 390 g/mol. The molecule has 0 bridgehead atoms. The minimum absolute atomic E-state index is 0.108. The SMILES string of the molecule is CN(C)C(=O)c1cc(Oc2c(Cl)cc(Cl)cc2Cl)ccc1[N+](=O)[O-]. The third kappa shape index (κ3) is 3.90. The lowest BCUT2D eigenvalue weighted by Gasteiger charge is -2.13. The summed E-state index contributed by atoms with van der Waals surface area (Å²) in [6.45, 7) is 0. The van der Waals surface area contributed by atoms with Crippen molar-refractivity contribution < 1.29 is 14.5 Å². The van der Waals surface area contributed by atoms with Gasteiger partial charge in [0.15, 0.2) is 5.75 Å². The van der Waals surface area contributed by atoms with E-state index >= 15 is 0 Å². The summed E-state index contributed by atoms with van der Waals surface area (Å²) >= 11 is 17.9. The summed E-state index contributed by atoms with van der Waals surface area (Å²) in [5.41, 5.74) is -0.432. The summed E-state index contributed by atoms with van der Waals surface area (Å²) in [6.07, 6.45) is 0. The second kappa shape index (κ2) is 7.25. The molecule has 126 valence electrons. The number of nitro groups is 1. The zero-order valence-corrected chi connectivity index (χ0v) is 14.8. The molecule has 0 aliphatic heterocycles. The van der Waals surface area contributed by atoms with Crippen LogP contribution in [-0.4, -0.2) is 29.8 Å². The Morgan fingerprint density at radius 2 is 1.71 bits per heavy atom. The van der Waals surface area contributed by atoms with Crippen molar-refractivity contribution in [1.29, 1.82) is 0 Å². The molecule has 0 saturated carbocycles. The van der Waals surface area contributed by atoms with E-state index in [1.165, 1.54) is 49.3 Å². The number of benzene rings is 2. The van der Waals surface area contributed by atoms with E-state index in [1.54, 1.807) is 0 Å². The Labute approximate surface area is 152 Å². The lowest BCUT2D eigenvalue weighted by Crippen LogP contribution is -2.22. The van der Waals surface area contributed by atoms with Crippen LogP contribution in [0.5, 0.6) is 11.5 Å². The largest absolute Gasteiger partial charge is 0.454 e. The predicted molar refractivity (Wildman–Crippen MR) is 92.7 cm³/mol. The Morgan fingerprint density at radius 3 is 2.21 bits per heavy atom. The molecule has 0 N–H and O–H groups in total. The molecule has 0 aliphatic rings. The summed E-state index contributed by atoms with van der Waals surface area (Å²) in [4.78, 5) is 23.8. The van der Waals surface area contributed by atoms with E-state index in [0.29, 0.717) is 5.02 Å². The van der Waals surface area contributed by atoms with E-state index in [0.717, 1.165) is 0 Å². The molecule has 1 amide bonds. The van der Waals surface area contributed by atoms with Gasteiger partial charge < -0.3 is 9.64 Å². The number of amides is 1. The van der Waals surface area contributed by atoms with Crippen LogP contribution >= 0.6 is 34.8 Å². The number of hydrogen-bond donors (Lipinski definition) is 0. The van der Waals surface area contributed by atoms with E-state index in [2.05, 4.69) is 0 Å². The molecule has 24 heavy (non-hydrogen) atoms. The number of hydrogen-bond acceptors (Lipinski definition) is 4. The first-order valence-electron chi connectivity index (χ1n) is 6.53. The summed E-state index contributed by atoms with van der Waals surface area (Å²) in [5.74, 6) is -0.211. The fourth-order valence-corrected chi connectivity index (χ4v) is 2.79. The van der Waals surface area contributed by atoms with Crippen molar-refractivity contribution in [1.82, 2.24) is 4.90 Å². The molecule has 0 spiro atoms. The monoisotopic (exact) mass is 388 g/mol. The third-order valence-corrected chi connectivity index (χ3v) is 3.76. The molecule has 0 atom stereocenters. The standard InChI is InChI=1S/C15H11Cl3N2O4/c1-19(2)15(21)10-7-9(3-4-13(10)20(22)23)24-14-11(17)5-8(16)6-12(14)18/h3-7H,1-2H3. The summed E-state index contributed by atoms with van der Waals surface area (Å²) < 4.78 is 5.58. The first kappa shape index (κ1) is 18.3. The highest BCUT2D eigenvalue weighted by molar-refractivity contribution is 6.40. The zero-order valence-electron chi connectivity index (χ0n) is 12.5. The Bertz CT molecular complexity index is 801. The molecular weight excluding hydrogens is 379 g/mol. The van der Waals surface area contributed by atoms with Crippen LogP contribution in [0.4, 0.5) is 5.69 Å². The molecule has 0 fully saturated rings. The Hall–Kier alpha value is -2.02. The molecule has 0 aromatic heterocycles. The smallest absolute Gasteiger partial charge is 0.282 e. The summed E-state index contributed by atoms with van der Waals surface area (Å²) in [7, 11) is 2.99. The van der Waals surface area contributed by atoms with Gasteiger partial charge in [0.2, 0.25) is 0 Å². The highest BCUT2D eigenvalue weighted by Gasteiger charge is 2.23. The number of rotatable bonds is 4. The summed E-state index contributed by atoms with van der Waals surface area (Å²) in [6, 6.07) is 6.70. The van der Waals surface area contributed by atoms with Crippen LogP contribution in [0.3, 0.4) is 0 Å². The Balaban J connectivity index is 2.48. The summed E-state index contributed by atoms with van der Waals surface area (Å²) in [5, 5.41) is 11.8. The van der Waals surface area contributed by atoms with E-state index in [9.17, 15) is 14.9 Å². The second-order valence-corrected chi connectivity index (χ2v) is 6.19. The van der Waals surface area contributed by atoms with Crippen LogP contribution in [0.25, 0.3) is 0 Å². The van der Waals surface area contributed by atoms with Crippen molar-refractivity contribution in [3.8, 4) is 11.5 Å². The van der Waals surface area contributed by atoms with Gasteiger partial charge in [-0.3, -0.25) is 14.9 Å². The topological polar surface area (TPSA) is 72.7 Å². The van der Waals surface area contributed by atoms with Crippen molar-refractivity contribution in [3.63, 3.8) is 0 Å². The minimum atomic E-state index is -0.636. The number of halogens is 3. The normalized spacial score (nSPS) is 10.4. The van der Waals surface area contributed by atoms with Crippen molar-refractivity contribution in [2.24, 2.45) is 0 Å². The minimum Gasteiger partial charge on any atom is -0.454 e. The zero-order chi connectivity index (χ0) is 18.0. The molecular formula is C15H11Cl3N2O4. The highest BCUT2D eigenvalue weighted by atomic mass is 35.5. The molecule has 0 saturated heterocycles. The van der Waals surface area contributed by atoms with Crippen LogP contribution in [-0.2, 0) is 0 Å². The maximum Gasteiger partial charge on any atom is 0.282 e. The van der Waals surface area contributed by atoms with Gasteiger partial charge in [0.05, 0.1) is 15.0 Å². The number of nitro benzene ring substituents is 1. The van der Waals surface area contributed by atoms with E-state index in [4.69, 9.17) is 39.5 Å². The van der Waals surface area contributed by atoms with Crippen LogP contribution < -0.4 is 4.74 Å². The maximum absolute atomic E-state index is 12.1. The fourth-order valence-electron chi connectivity index (χ4n) is 1.89. The van der Waals surface area contributed by atoms with Gasteiger partial charge in [0, 0.05) is 31.3 Å². The van der Waals surface area contributed by atoms with Gasteiger partial charge in [-0.1, -0.05) is 34.8 Å². The van der Waals surface area contributed by atoms with Gasteiger partial charge in [-0.25, -0.2) is 0 Å². The van der Waals surface area contributed by atoms with Gasteiger partial charge in [0.25, 0.3) is 11.6 Å². The molecule has 0 heterocycles. The van der Waals surface area contributed by atoms with E-state index in [-0.39, 0.29) is 32.8 Å². The molecule has 0 aliphatic carbocycles. The van der Waals surface area contributed by atoms with Gasteiger partial charge in [0.1, 0.15) is 11.3 Å². The molecule has 9 heteroatoms. The molecule has 2 aromatic rings. The van der Waals surface area contributed by atoms with Gasteiger partial charge in [-0.05, 0) is 18.2 Å². The van der Waals surface area contributed by atoms with Gasteiger partial charge in [-0.15, -0.1) is 0 Å². The molecule has 2 aromatic carbocycles. The van der Waals surface area contributed by atoms with Crippen molar-refractivity contribution in [2.45, 2.75) is 0 Å². The van der Waals surface area contributed by atoms with Crippen LogP contribution in [0.2, 0.25) is 15.1 Å². The van der Waals surface area contributed by atoms with Crippen LogP contribution in [0.15, 0.2) is 30.3 Å². The van der Waals surface area contributed by atoms with Crippen molar-refractivity contribution in [3.05, 3.63) is 61.1 Å². The number of carbonyl (C=O) groups is 1. The molecule has 2 rings (SSSR count). The maximum atomic E-state index is 12.1. The van der Waals surface area contributed by atoms with Crippen LogP contribution in [0.1, 0.15) is 10.4 Å². The third-order valence-electron chi connectivity index (χ3n) is 2.98. The predicted octanol–water partition coefficient (Wildman–Crippen LogP) is 5.05. The highest BCUT2D eigenvalue weighted by Crippen LogP contribution is 2.39. The lowest BCUT2D eigenvalue weighted by molar-refractivity contribution is -0.385. The Morgan fingerprint density at radius 1 is 1.12 bits per heavy atom.